The van der Waals surface area contributed by atoms with E-state index in [4.69, 9.17) is 9.47 Å². The van der Waals surface area contributed by atoms with Crippen LogP contribution < -0.4 is 5.32 Å². The first-order chi connectivity index (χ1) is 11.5. The molecule has 0 bridgehead atoms. The smallest absolute Gasteiger partial charge is 0.407 e. The topological polar surface area (TPSA) is 67.9 Å². The summed E-state index contributed by atoms with van der Waals surface area (Å²) in [6.07, 6.45) is 1.14. The monoisotopic (exact) mass is 334 g/mol. The Morgan fingerprint density at radius 2 is 1.83 bits per heavy atom. The van der Waals surface area contributed by atoms with Crippen molar-refractivity contribution < 1.29 is 19.1 Å². The maximum atomic E-state index is 12.0. The average molecular weight is 334 g/mol. The SMILES string of the molecule is CCOC(=O)CN1CCC(C)(NC(=O)OCc2ccccc2)CC1. The number of rotatable bonds is 6. The molecule has 1 saturated heterocycles. The van der Waals surface area contributed by atoms with Crippen LogP contribution in [0.2, 0.25) is 0 Å². The zero-order valence-electron chi connectivity index (χ0n) is 14.4. The Balaban J connectivity index is 1.72. The van der Waals surface area contributed by atoms with Gasteiger partial charge in [-0.15, -0.1) is 0 Å². The molecule has 6 heteroatoms. The lowest BCUT2D eigenvalue weighted by Crippen LogP contribution is -2.54. The van der Waals surface area contributed by atoms with Crippen molar-refractivity contribution in [1.82, 2.24) is 10.2 Å². The molecule has 0 aromatic heterocycles. The fourth-order valence-electron chi connectivity index (χ4n) is 2.72. The molecule has 0 radical (unpaired) electrons. The number of nitrogens with zero attached hydrogens (tertiary/aromatic N) is 1. The van der Waals surface area contributed by atoms with Gasteiger partial charge in [-0.05, 0) is 32.3 Å². The fourth-order valence-corrected chi connectivity index (χ4v) is 2.72. The van der Waals surface area contributed by atoms with Crippen LogP contribution in [-0.4, -0.2) is 48.7 Å². The highest BCUT2D eigenvalue weighted by Crippen LogP contribution is 2.22. The summed E-state index contributed by atoms with van der Waals surface area (Å²) in [6.45, 7) is 6.27. The van der Waals surface area contributed by atoms with E-state index < -0.39 is 6.09 Å². The Morgan fingerprint density at radius 1 is 1.17 bits per heavy atom. The van der Waals surface area contributed by atoms with Gasteiger partial charge >= 0.3 is 12.1 Å². The first kappa shape index (κ1) is 18.3. The number of hydrogen-bond acceptors (Lipinski definition) is 5. The summed E-state index contributed by atoms with van der Waals surface area (Å²) in [5.74, 6) is -0.198. The quantitative estimate of drug-likeness (QED) is 0.809. The number of amides is 1. The van der Waals surface area contributed by atoms with Crippen molar-refractivity contribution in [1.29, 1.82) is 0 Å². The second kappa shape index (κ2) is 8.68. The zero-order valence-corrected chi connectivity index (χ0v) is 14.4. The normalized spacial score (nSPS) is 17.1. The number of nitrogens with one attached hydrogen (secondary N) is 1. The standard InChI is InChI=1S/C18H26N2O4/c1-3-23-16(21)13-20-11-9-18(2,10-12-20)19-17(22)24-14-15-7-5-4-6-8-15/h4-8H,3,9-14H2,1-2H3,(H,19,22). The minimum absolute atomic E-state index is 0.198. The van der Waals surface area contributed by atoms with E-state index in [2.05, 4.69) is 10.2 Å². The van der Waals surface area contributed by atoms with Gasteiger partial charge in [0.2, 0.25) is 0 Å². The number of esters is 1. The van der Waals surface area contributed by atoms with Gasteiger partial charge in [-0.3, -0.25) is 9.69 Å². The summed E-state index contributed by atoms with van der Waals surface area (Å²) in [6, 6.07) is 9.59. The maximum absolute atomic E-state index is 12.0. The van der Waals surface area contributed by atoms with Crippen LogP contribution in [0.4, 0.5) is 4.79 Å². The van der Waals surface area contributed by atoms with Crippen molar-refractivity contribution in [3.05, 3.63) is 35.9 Å². The van der Waals surface area contributed by atoms with E-state index in [9.17, 15) is 9.59 Å². The van der Waals surface area contributed by atoms with Gasteiger partial charge in [-0.1, -0.05) is 30.3 Å². The molecule has 1 aliphatic heterocycles. The summed E-state index contributed by atoms with van der Waals surface area (Å²) >= 11 is 0. The van der Waals surface area contributed by atoms with Crippen molar-refractivity contribution in [3.8, 4) is 0 Å². The first-order valence-electron chi connectivity index (χ1n) is 8.37. The minimum atomic E-state index is -0.403. The molecule has 0 spiro atoms. The van der Waals surface area contributed by atoms with Crippen molar-refractivity contribution in [3.63, 3.8) is 0 Å². The lowest BCUT2D eigenvalue weighted by Gasteiger charge is -2.39. The van der Waals surface area contributed by atoms with Gasteiger partial charge in [-0.2, -0.15) is 0 Å². The Labute approximate surface area is 143 Å². The first-order valence-corrected chi connectivity index (χ1v) is 8.37. The highest BCUT2D eigenvalue weighted by Gasteiger charge is 2.32. The lowest BCUT2D eigenvalue weighted by atomic mass is 9.90. The van der Waals surface area contributed by atoms with Gasteiger partial charge in [0.25, 0.3) is 0 Å². The average Bonchev–Trinajstić information content (AvgIpc) is 2.56. The van der Waals surface area contributed by atoms with E-state index in [1.807, 2.05) is 37.3 Å². The van der Waals surface area contributed by atoms with Crippen molar-refractivity contribution >= 4 is 12.1 Å². The van der Waals surface area contributed by atoms with E-state index in [1.165, 1.54) is 0 Å². The van der Waals surface area contributed by atoms with Crippen molar-refractivity contribution in [2.24, 2.45) is 0 Å². The number of alkyl carbamates (subject to hydrolysis) is 1. The molecule has 0 aliphatic carbocycles. The molecule has 132 valence electrons. The van der Waals surface area contributed by atoms with Gasteiger partial charge in [0.15, 0.2) is 0 Å². The third-order valence-electron chi connectivity index (χ3n) is 4.23. The Hall–Kier alpha value is -2.08. The predicted molar refractivity (Wildman–Crippen MR) is 90.5 cm³/mol. The van der Waals surface area contributed by atoms with Crippen LogP contribution in [0.5, 0.6) is 0 Å². The highest BCUT2D eigenvalue weighted by molar-refractivity contribution is 5.71. The second-order valence-electron chi connectivity index (χ2n) is 6.33. The molecule has 6 nitrogen and oxygen atoms in total. The predicted octanol–water partition coefficient (Wildman–Crippen LogP) is 2.33. The molecule has 1 amide bonds. The molecular weight excluding hydrogens is 308 g/mol. The molecule has 1 N–H and O–H groups in total. The fraction of sp³-hybridized carbons (Fsp3) is 0.556. The van der Waals surface area contributed by atoms with Gasteiger partial charge < -0.3 is 14.8 Å². The number of hydrogen-bond donors (Lipinski definition) is 1. The van der Waals surface area contributed by atoms with E-state index in [0.29, 0.717) is 13.2 Å². The van der Waals surface area contributed by atoms with Crippen LogP contribution in [0, 0.1) is 0 Å². The largest absolute Gasteiger partial charge is 0.465 e. The summed E-state index contributed by atoms with van der Waals surface area (Å²) in [4.78, 5) is 25.6. The third kappa shape index (κ3) is 5.85. The molecule has 1 fully saturated rings. The summed E-state index contributed by atoms with van der Waals surface area (Å²) < 4.78 is 10.2. The molecule has 1 heterocycles. The molecule has 0 saturated carbocycles. The van der Waals surface area contributed by atoms with E-state index in [-0.39, 0.29) is 18.1 Å². The summed E-state index contributed by atoms with van der Waals surface area (Å²) in [5.41, 5.74) is 0.654. The Kier molecular flexibility index (Phi) is 6.61. The highest BCUT2D eigenvalue weighted by atomic mass is 16.5. The third-order valence-corrected chi connectivity index (χ3v) is 4.23. The second-order valence-corrected chi connectivity index (χ2v) is 6.33. The van der Waals surface area contributed by atoms with Gasteiger partial charge in [0.1, 0.15) is 6.61 Å². The number of carbonyl (C=O) groups is 2. The van der Waals surface area contributed by atoms with Crippen LogP contribution >= 0.6 is 0 Å². The maximum Gasteiger partial charge on any atom is 0.407 e. The van der Waals surface area contributed by atoms with Crippen LogP contribution in [0.3, 0.4) is 0 Å². The number of ether oxygens (including phenoxy) is 2. The van der Waals surface area contributed by atoms with Gasteiger partial charge in [-0.25, -0.2) is 4.79 Å². The van der Waals surface area contributed by atoms with Crippen LogP contribution in [0.1, 0.15) is 32.3 Å². The zero-order chi connectivity index (χ0) is 17.4. The van der Waals surface area contributed by atoms with E-state index in [1.54, 1.807) is 6.92 Å². The molecule has 1 aliphatic rings. The number of carbonyl (C=O) groups excluding carboxylic acids is 2. The number of likely N-dealkylation sites (tertiary alicyclic amines) is 1. The van der Waals surface area contributed by atoms with Crippen LogP contribution in [0.15, 0.2) is 30.3 Å². The van der Waals surface area contributed by atoms with Gasteiger partial charge in [0, 0.05) is 18.6 Å². The van der Waals surface area contributed by atoms with Crippen molar-refractivity contribution in [2.45, 2.75) is 38.8 Å². The minimum Gasteiger partial charge on any atom is -0.465 e. The van der Waals surface area contributed by atoms with Crippen LogP contribution in [-0.2, 0) is 20.9 Å². The molecule has 0 atom stereocenters. The number of piperidine rings is 1. The molecule has 2 rings (SSSR count). The Bertz CT molecular complexity index is 539. The molecule has 1 aromatic carbocycles. The summed E-state index contributed by atoms with van der Waals surface area (Å²) in [7, 11) is 0. The summed E-state index contributed by atoms with van der Waals surface area (Å²) in [5, 5.41) is 2.96. The Morgan fingerprint density at radius 3 is 2.46 bits per heavy atom. The molecule has 24 heavy (non-hydrogen) atoms. The van der Waals surface area contributed by atoms with Crippen LogP contribution in [0.25, 0.3) is 0 Å². The molecule has 1 aromatic rings. The molecule has 0 unspecified atom stereocenters. The van der Waals surface area contributed by atoms with Crippen molar-refractivity contribution in [2.75, 3.05) is 26.2 Å². The van der Waals surface area contributed by atoms with E-state index >= 15 is 0 Å². The van der Waals surface area contributed by atoms with Gasteiger partial charge in [0.05, 0.1) is 13.2 Å². The molecular formula is C18H26N2O4. The van der Waals surface area contributed by atoms with E-state index in [0.717, 1.165) is 31.5 Å². The number of benzene rings is 1. The lowest BCUT2D eigenvalue weighted by molar-refractivity contribution is -0.144.